The lowest BCUT2D eigenvalue weighted by atomic mass is 10.1. The Kier molecular flexibility index (Phi) is 9.53. The summed E-state index contributed by atoms with van der Waals surface area (Å²) in [7, 11) is 0. The Morgan fingerprint density at radius 3 is 2.70 bits per heavy atom. The van der Waals surface area contributed by atoms with Gasteiger partial charge in [-0.25, -0.2) is 4.98 Å². The van der Waals surface area contributed by atoms with Crippen molar-refractivity contribution in [3.63, 3.8) is 0 Å². The van der Waals surface area contributed by atoms with Crippen LogP contribution in [0.25, 0.3) is 0 Å². The predicted octanol–water partition coefficient (Wildman–Crippen LogP) is 3.63. The largest absolute Gasteiger partial charge is 0.486 e. The van der Waals surface area contributed by atoms with Crippen LogP contribution in [0.4, 0.5) is 0 Å². The summed E-state index contributed by atoms with van der Waals surface area (Å²) >= 11 is 1.54. The van der Waals surface area contributed by atoms with E-state index < -0.39 is 0 Å². The number of aromatic nitrogens is 1. The molecule has 8 heteroatoms. The van der Waals surface area contributed by atoms with Crippen molar-refractivity contribution in [2.75, 3.05) is 13.1 Å². The number of hydrogen-bond donors (Lipinski definition) is 1. The van der Waals surface area contributed by atoms with Gasteiger partial charge in [0.2, 0.25) is 5.91 Å². The molecule has 5 nitrogen and oxygen atoms in total. The molecule has 2 aromatic rings. The quantitative estimate of drug-likeness (QED) is 0.784. The van der Waals surface area contributed by atoms with Gasteiger partial charge in [0.05, 0.1) is 12.1 Å². The second kappa shape index (κ2) is 10.9. The minimum absolute atomic E-state index is 0. The van der Waals surface area contributed by atoms with Crippen LogP contribution in [-0.4, -0.2) is 41.0 Å². The van der Waals surface area contributed by atoms with Gasteiger partial charge in [0.25, 0.3) is 0 Å². The van der Waals surface area contributed by atoms with E-state index in [9.17, 15) is 4.79 Å². The van der Waals surface area contributed by atoms with Crippen LogP contribution >= 0.6 is 36.2 Å². The molecular weight excluding hydrogens is 405 g/mol. The van der Waals surface area contributed by atoms with Gasteiger partial charge in [0.15, 0.2) is 0 Å². The molecule has 0 aliphatic carbocycles. The number of benzene rings is 1. The second-order valence-corrected chi connectivity index (χ2v) is 7.52. The molecule has 0 spiro atoms. The Labute approximate surface area is 177 Å². The highest BCUT2D eigenvalue weighted by atomic mass is 35.5. The van der Waals surface area contributed by atoms with Gasteiger partial charge in [-0.05, 0) is 32.9 Å². The maximum Gasteiger partial charge on any atom is 0.228 e. The van der Waals surface area contributed by atoms with Gasteiger partial charge in [0, 0.05) is 30.6 Å². The zero-order valence-corrected chi connectivity index (χ0v) is 18.3. The van der Waals surface area contributed by atoms with E-state index in [0.29, 0.717) is 19.1 Å². The van der Waals surface area contributed by atoms with Crippen LogP contribution in [0.1, 0.15) is 30.1 Å². The lowest BCUT2D eigenvalue weighted by molar-refractivity contribution is -0.134. The monoisotopic (exact) mass is 431 g/mol. The maximum atomic E-state index is 12.6. The third-order valence-electron chi connectivity index (χ3n) is 4.67. The van der Waals surface area contributed by atoms with Gasteiger partial charge >= 0.3 is 0 Å². The number of nitrogens with one attached hydrogen (secondary N) is 1. The molecule has 1 N–H and O–H groups in total. The van der Waals surface area contributed by atoms with E-state index >= 15 is 0 Å². The molecule has 1 aromatic carbocycles. The lowest BCUT2D eigenvalue weighted by Crippen LogP contribution is -2.57. The Morgan fingerprint density at radius 1 is 1.30 bits per heavy atom. The highest BCUT2D eigenvalue weighted by Crippen LogP contribution is 2.17. The standard InChI is InChI=1S/C19H25N3O2S.2ClH/c1-13-4-6-17(7-5-13)24-11-18-21-16(12-25-18)10-19(23)22-9-8-20-14(2)15(22)3;;/h4-7,12,14-15,20H,8-11H2,1-3H3;2*1H. The number of aryl methyl sites for hydroxylation is 1. The number of rotatable bonds is 5. The van der Waals surface area contributed by atoms with Gasteiger partial charge in [-0.1, -0.05) is 17.7 Å². The molecule has 0 radical (unpaired) electrons. The summed E-state index contributed by atoms with van der Waals surface area (Å²) in [5.41, 5.74) is 2.04. The molecule has 1 fully saturated rings. The number of ether oxygens (including phenoxy) is 1. The first kappa shape index (κ1) is 23.7. The smallest absolute Gasteiger partial charge is 0.228 e. The molecule has 1 aromatic heterocycles. The summed E-state index contributed by atoms with van der Waals surface area (Å²) in [6, 6.07) is 8.50. The van der Waals surface area contributed by atoms with Crippen LogP contribution in [0.2, 0.25) is 0 Å². The van der Waals surface area contributed by atoms with Crippen molar-refractivity contribution in [3.8, 4) is 5.75 Å². The van der Waals surface area contributed by atoms with Crippen molar-refractivity contribution < 1.29 is 9.53 Å². The fourth-order valence-corrected chi connectivity index (χ4v) is 3.65. The van der Waals surface area contributed by atoms with E-state index in [1.807, 2.05) is 41.5 Å². The molecule has 1 amide bonds. The van der Waals surface area contributed by atoms with Gasteiger partial charge in [0.1, 0.15) is 17.4 Å². The van der Waals surface area contributed by atoms with Gasteiger partial charge in [-0.15, -0.1) is 36.2 Å². The SMILES string of the molecule is Cc1ccc(OCc2nc(CC(=O)N3CCNC(C)C3C)cs2)cc1.Cl.Cl. The first-order chi connectivity index (χ1) is 12.0. The zero-order chi connectivity index (χ0) is 17.8. The number of carbonyl (C=O) groups excluding carboxylic acids is 1. The first-order valence-electron chi connectivity index (χ1n) is 8.68. The third-order valence-corrected chi connectivity index (χ3v) is 5.54. The molecule has 1 aliphatic rings. The zero-order valence-electron chi connectivity index (χ0n) is 15.8. The van der Waals surface area contributed by atoms with Crippen LogP contribution in [0.5, 0.6) is 5.75 Å². The summed E-state index contributed by atoms with van der Waals surface area (Å²) in [4.78, 5) is 19.1. The number of halogens is 2. The summed E-state index contributed by atoms with van der Waals surface area (Å²) in [6.45, 7) is 8.31. The van der Waals surface area contributed by atoms with E-state index in [1.165, 1.54) is 5.56 Å². The highest BCUT2D eigenvalue weighted by Gasteiger charge is 2.28. The van der Waals surface area contributed by atoms with E-state index in [1.54, 1.807) is 11.3 Å². The van der Waals surface area contributed by atoms with E-state index in [-0.39, 0.29) is 36.8 Å². The predicted molar refractivity (Wildman–Crippen MR) is 114 cm³/mol. The van der Waals surface area contributed by atoms with Crippen LogP contribution in [0, 0.1) is 6.92 Å². The summed E-state index contributed by atoms with van der Waals surface area (Å²) in [6.07, 6.45) is 0.359. The van der Waals surface area contributed by atoms with E-state index in [2.05, 4.69) is 24.1 Å². The van der Waals surface area contributed by atoms with Crippen LogP contribution < -0.4 is 10.1 Å². The Hall–Kier alpha value is -1.34. The van der Waals surface area contributed by atoms with Gasteiger partial charge in [-0.3, -0.25) is 4.79 Å². The molecule has 1 saturated heterocycles. The number of thiazole rings is 1. The highest BCUT2D eigenvalue weighted by molar-refractivity contribution is 7.09. The fraction of sp³-hybridized carbons (Fsp3) is 0.474. The second-order valence-electron chi connectivity index (χ2n) is 6.58. The average molecular weight is 432 g/mol. The van der Waals surface area contributed by atoms with Gasteiger partial charge in [-0.2, -0.15) is 0 Å². The molecule has 0 bridgehead atoms. The minimum atomic E-state index is 0. The minimum Gasteiger partial charge on any atom is -0.486 e. The number of amides is 1. The number of piperazine rings is 1. The van der Waals surface area contributed by atoms with Crippen LogP contribution in [-0.2, 0) is 17.8 Å². The summed E-state index contributed by atoms with van der Waals surface area (Å²) in [5, 5.41) is 6.25. The lowest BCUT2D eigenvalue weighted by Gasteiger charge is -2.38. The molecule has 3 rings (SSSR count). The van der Waals surface area contributed by atoms with Crippen molar-refractivity contribution in [1.29, 1.82) is 0 Å². The number of hydrogen-bond acceptors (Lipinski definition) is 5. The molecule has 2 unspecified atom stereocenters. The maximum absolute atomic E-state index is 12.6. The number of nitrogens with zero attached hydrogens (tertiary/aromatic N) is 2. The Bertz CT molecular complexity index is 724. The normalized spacial score (nSPS) is 19.0. The summed E-state index contributed by atoms with van der Waals surface area (Å²) < 4.78 is 5.76. The topological polar surface area (TPSA) is 54.5 Å². The van der Waals surface area contributed by atoms with Crippen molar-refractivity contribution in [3.05, 3.63) is 45.9 Å². The molecule has 150 valence electrons. The molecule has 27 heavy (non-hydrogen) atoms. The molecule has 0 saturated carbocycles. The molecule has 2 atom stereocenters. The fourth-order valence-electron chi connectivity index (χ4n) is 2.94. The number of carbonyl (C=O) groups is 1. The molecule has 2 heterocycles. The van der Waals surface area contributed by atoms with Crippen molar-refractivity contribution >= 4 is 42.1 Å². The average Bonchev–Trinajstić information content (AvgIpc) is 3.04. The van der Waals surface area contributed by atoms with Crippen LogP contribution in [0.15, 0.2) is 29.6 Å². The third kappa shape index (κ3) is 6.35. The van der Waals surface area contributed by atoms with Crippen molar-refractivity contribution in [2.45, 2.75) is 45.9 Å². The van der Waals surface area contributed by atoms with E-state index in [4.69, 9.17) is 4.74 Å². The first-order valence-corrected chi connectivity index (χ1v) is 9.56. The van der Waals surface area contributed by atoms with Gasteiger partial charge < -0.3 is 15.0 Å². The van der Waals surface area contributed by atoms with Crippen molar-refractivity contribution in [1.82, 2.24) is 15.2 Å². The Morgan fingerprint density at radius 2 is 2.00 bits per heavy atom. The molecular formula is C19H27Cl2N3O2S. The molecule has 1 aliphatic heterocycles. The Balaban J connectivity index is 0.00000182. The summed E-state index contributed by atoms with van der Waals surface area (Å²) in [5.74, 6) is 0.985. The van der Waals surface area contributed by atoms with Crippen molar-refractivity contribution in [2.24, 2.45) is 0 Å². The van der Waals surface area contributed by atoms with E-state index in [0.717, 1.165) is 29.5 Å². The van der Waals surface area contributed by atoms with Crippen LogP contribution in [0.3, 0.4) is 0 Å².